The van der Waals surface area contributed by atoms with E-state index in [0.717, 1.165) is 25.2 Å². The quantitative estimate of drug-likeness (QED) is 0.755. The fourth-order valence-electron chi connectivity index (χ4n) is 1.25. The van der Waals surface area contributed by atoms with Crippen LogP contribution in [-0.2, 0) is 0 Å². The van der Waals surface area contributed by atoms with Crippen LogP contribution in [0.1, 0.15) is 19.8 Å². The van der Waals surface area contributed by atoms with Crippen LogP contribution in [-0.4, -0.2) is 36.6 Å². The van der Waals surface area contributed by atoms with Gasteiger partial charge in [0.15, 0.2) is 0 Å². The summed E-state index contributed by atoms with van der Waals surface area (Å²) in [5.41, 5.74) is 5.83. The molecular weight excluding hydrogens is 202 g/mol. The Bertz CT molecular complexity index is 313. The average Bonchev–Trinajstić information content (AvgIpc) is 2.29. The van der Waals surface area contributed by atoms with Gasteiger partial charge in [0, 0.05) is 32.9 Å². The highest BCUT2D eigenvalue weighted by Gasteiger charge is 2.02. The topological polar surface area (TPSA) is 67.1 Å². The molecule has 0 fully saturated rings. The zero-order valence-corrected chi connectivity index (χ0v) is 10.3. The van der Waals surface area contributed by atoms with Crippen molar-refractivity contribution in [2.24, 2.45) is 5.73 Å². The lowest BCUT2D eigenvalue weighted by molar-refractivity contribution is 0.613. The minimum atomic E-state index is 0.266. The van der Waals surface area contributed by atoms with Crippen LogP contribution < -0.4 is 16.0 Å². The van der Waals surface area contributed by atoms with E-state index in [1.54, 1.807) is 6.20 Å². The Hall–Kier alpha value is -1.36. The molecule has 1 rings (SSSR count). The zero-order valence-electron chi connectivity index (χ0n) is 10.3. The predicted octanol–water partition coefficient (Wildman–Crippen LogP) is 1.08. The molecule has 5 heteroatoms. The van der Waals surface area contributed by atoms with E-state index in [2.05, 4.69) is 22.2 Å². The summed E-state index contributed by atoms with van der Waals surface area (Å²) in [6, 6.07) is 2.13. The Balaban J connectivity index is 2.45. The van der Waals surface area contributed by atoms with Crippen LogP contribution in [0.5, 0.6) is 0 Å². The summed E-state index contributed by atoms with van der Waals surface area (Å²) >= 11 is 0. The van der Waals surface area contributed by atoms with Gasteiger partial charge in [0.25, 0.3) is 0 Å². The van der Waals surface area contributed by atoms with Crippen LogP contribution in [0.2, 0.25) is 0 Å². The lowest BCUT2D eigenvalue weighted by Gasteiger charge is -2.13. The van der Waals surface area contributed by atoms with Gasteiger partial charge >= 0.3 is 0 Å². The third kappa shape index (κ3) is 4.02. The van der Waals surface area contributed by atoms with Gasteiger partial charge in [0.2, 0.25) is 5.95 Å². The van der Waals surface area contributed by atoms with E-state index in [1.807, 2.05) is 25.1 Å². The largest absolute Gasteiger partial charge is 0.370 e. The number of nitrogens with two attached hydrogens (primary N) is 1. The van der Waals surface area contributed by atoms with Crippen molar-refractivity contribution in [2.45, 2.75) is 25.8 Å². The Morgan fingerprint density at radius 2 is 2.25 bits per heavy atom. The average molecular weight is 223 g/mol. The SMILES string of the molecule is CCC(N)CCNc1ccnc(N(C)C)n1. The van der Waals surface area contributed by atoms with Crippen molar-refractivity contribution in [3.05, 3.63) is 12.3 Å². The standard InChI is InChI=1S/C11H21N5/c1-4-9(12)5-7-13-10-6-8-14-11(15-10)16(2)3/h6,8-9H,4-5,7,12H2,1-3H3,(H,13,14,15). The summed E-state index contributed by atoms with van der Waals surface area (Å²) in [5.74, 6) is 1.56. The molecule has 0 bridgehead atoms. The normalized spacial score (nSPS) is 12.2. The van der Waals surface area contributed by atoms with Crippen molar-refractivity contribution in [2.75, 3.05) is 30.9 Å². The van der Waals surface area contributed by atoms with Crippen LogP contribution >= 0.6 is 0 Å². The Morgan fingerprint density at radius 1 is 1.50 bits per heavy atom. The highest BCUT2D eigenvalue weighted by atomic mass is 15.2. The van der Waals surface area contributed by atoms with E-state index < -0.39 is 0 Å². The van der Waals surface area contributed by atoms with Crippen molar-refractivity contribution in [3.63, 3.8) is 0 Å². The van der Waals surface area contributed by atoms with E-state index in [1.165, 1.54) is 0 Å². The van der Waals surface area contributed by atoms with Crippen molar-refractivity contribution in [1.82, 2.24) is 9.97 Å². The van der Waals surface area contributed by atoms with Gasteiger partial charge in [-0.1, -0.05) is 6.92 Å². The number of nitrogens with zero attached hydrogens (tertiary/aromatic N) is 3. The van der Waals surface area contributed by atoms with E-state index >= 15 is 0 Å². The molecule has 0 aliphatic carbocycles. The lowest BCUT2D eigenvalue weighted by atomic mass is 10.2. The molecule has 0 saturated carbocycles. The molecule has 0 spiro atoms. The molecule has 1 atom stereocenters. The number of aromatic nitrogens is 2. The van der Waals surface area contributed by atoms with Gasteiger partial charge in [-0.05, 0) is 18.9 Å². The number of nitrogens with one attached hydrogen (secondary N) is 1. The van der Waals surface area contributed by atoms with Gasteiger partial charge in [-0.2, -0.15) is 4.98 Å². The number of hydrogen-bond acceptors (Lipinski definition) is 5. The minimum absolute atomic E-state index is 0.266. The summed E-state index contributed by atoms with van der Waals surface area (Å²) in [7, 11) is 3.85. The monoisotopic (exact) mass is 223 g/mol. The van der Waals surface area contributed by atoms with Crippen LogP contribution in [0.15, 0.2) is 12.3 Å². The number of anilines is 2. The second-order valence-electron chi connectivity index (χ2n) is 4.02. The molecular formula is C11H21N5. The van der Waals surface area contributed by atoms with E-state index in [9.17, 15) is 0 Å². The van der Waals surface area contributed by atoms with Gasteiger partial charge in [-0.3, -0.25) is 0 Å². The predicted molar refractivity (Wildman–Crippen MR) is 67.7 cm³/mol. The third-order valence-corrected chi connectivity index (χ3v) is 2.39. The molecule has 1 heterocycles. The van der Waals surface area contributed by atoms with Crippen LogP contribution in [0.3, 0.4) is 0 Å². The van der Waals surface area contributed by atoms with Crippen molar-refractivity contribution >= 4 is 11.8 Å². The number of rotatable bonds is 6. The molecule has 1 aromatic rings. The molecule has 1 unspecified atom stereocenters. The van der Waals surface area contributed by atoms with E-state index in [0.29, 0.717) is 5.95 Å². The highest BCUT2D eigenvalue weighted by molar-refractivity contribution is 5.40. The van der Waals surface area contributed by atoms with E-state index in [-0.39, 0.29) is 6.04 Å². The first-order valence-electron chi connectivity index (χ1n) is 5.63. The Morgan fingerprint density at radius 3 is 2.88 bits per heavy atom. The molecule has 1 aromatic heterocycles. The molecule has 0 saturated heterocycles. The van der Waals surface area contributed by atoms with Crippen LogP contribution in [0, 0.1) is 0 Å². The van der Waals surface area contributed by atoms with Crippen molar-refractivity contribution in [3.8, 4) is 0 Å². The van der Waals surface area contributed by atoms with Crippen molar-refractivity contribution in [1.29, 1.82) is 0 Å². The third-order valence-electron chi connectivity index (χ3n) is 2.39. The molecule has 0 aliphatic rings. The molecule has 0 radical (unpaired) electrons. The molecule has 0 aromatic carbocycles. The fourth-order valence-corrected chi connectivity index (χ4v) is 1.25. The first kappa shape index (κ1) is 12.7. The maximum absolute atomic E-state index is 5.83. The highest BCUT2D eigenvalue weighted by Crippen LogP contribution is 2.07. The first-order chi connectivity index (χ1) is 7.63. The van der Waals surface area contributed by atoms with Crippen molar-refractivity contribution < 1.29 is 0 Å². The van der Waals surface area contributed by atoms with Crippen LogP contribution in [0.4, 0.5) is 11.8 Å². The Kier molecular flexibility index (Phi) is 4.98. The molecule has 0 amide bonds. The van der Waals surface area contributed by atoms with Gasteiger partial charge in [0.1, 0.15) is 5.82 Å². The Labute approximate surface area is 97.1 Å². The molecule has 3 N–H and O–H groups in total. The fraction of sp³-hybridized carbons (Fsp3) is 0.636. The maximum atomic E-state index is 5.83. The van der Waals surface area contributed by atoms with Gasteiger partial charge < -0.3 is 16.0 Å². The molecule has 90 valence electrons. The zero-order chi connectivity index (χ0) is 12.0. The summed E-state index contributed by atoms with van der Waals surface area (Å²) < 4.78 is 0. The number of hydrogen-bond donors (Lipinski definition) is 2. The maximum Gasteiger partial charge on any atom is 0.226 e. The second kappa shape index (κ2) is 6.27. The lowest BCUT2D eigenvalue weighted by Crippen LogP contribution is -2.22. The van der Waals surface area contributed by atoms with Gasteiger partial charge in [-0.25, -0.2) is 4.98 Å². The summed E-state index contributed by atoms with van der Waals surface area (Å²) in [6.45, 7) is 2.94. The summed E-state index contributed by atoms with van der Waals surface area (Å²) in [4.78, 5) is 10.4. The minimum Gasteiger partial charge on any atom is -0.370 e. The summed E-state index contributed by atoms with van der Waals surface area (Å²) in [5, 5.41) is 3.25. The van der Waals surface area contributed by atoms with Crippen LogP contribution in [0.25, 0.3) is 0 Å². The smallest absolute Gasteiger partial charge is 0.226 e. The second-order valence-corrected chi connectivity index (χ2v) is 4.02. The van der Waals surface area contributed by atoms with E-state index in [4.69, 9.17) is 5.73 Å². The van der Waals surface area contributed by atoms with Gasteiger partial charge in [-0.15, -0.1) is 0 Å². The first-order valence-corrected chi connectivity index (χ1v) is 5.63. The molecule has 5 nitrogen and oxygen atoms in total. The molecule has 0 aliphatic heterocycles. The molecule has 16 heavy (non-hydrogen) atoms. The van der Waals surface area contributed by atoms with Gasteiger partial charge in [0.05, 0.1) is 0 Å². The summed E-state index contributed by atoms with van der Waals surface area (Å²) in [6.07, 6.45) is 3.72.